The predicted octanol–water partition coefficient (Wildman–Crippen LogP) is 2.51. The predicted molar refractivity (Wildman–Crippen MR) is 96.9 cm³/mol. The maximum atomic E-state index is 12.0. The van der Waals surface area contributed by atoms with Gasteiger partial charge >= 0.3 is 0 Å². The molecule has 0 unspecified atom stereocenters. The molecule has 4 rings (SSSR count). The lowest BCUT2D eigenvalue weighted by Gasteiger charge is -2.05. The van der Waals surface area contributed by atoms with Crippen molar-refractivity contribution >= 4 is 32.3 Å². The van der Waals surface area contributed by atoms with Gasteiger partial charge in [-0.1, -0.05) is 6.07 Å². The van der Waals surface area contributed by atoms with Crippen LogP contribution >= 0.6 is 11.3 Å². The molecule has 8 heteroatoms. The SMILES string of the molecule is COc1cc2nc(-c3ccc4c(=O)[nH][nH]c(=O)c4c3)sc2cc1OC. The summed E-state index contributed by atoms with van der Waals surface area (Å²) in [6, 6.07) is 8.77. The van der Waals surface area contributed by atoms with E-state index in [1.165, 1.54) is 11.3 Å². The molecule has 7 nitrogen and oxygen atoms in total. The van der Waals surface area contributed by atoms with Crippen LogP contribution < -0.4 is 20.6 Å². The second-order valence-corrected chi connectivity index (χ2v) is 6.39. The van der Waals surface area contributed by atoms with Gasteiger partial charge in [0, 0.05) is 17.7 Å². The van der Waals surface area contributed by atoms with E-state index in [4.69, 9.17) is 9.47 Å². The number of methoxy groups -OCH3 is 2. The molecule has 0 saturated carbocycles. The van der Waals surface area contributed by atoms with Gasteiger partial charge in [0.1, 0.15) is 5.01 Å². The van der Waals surface area contributed by atoms with Crippen molar-refractivity contribution in [2.24, 2.45) is 0 Å². The summed E-state index contributed by atoms with van der Waals surface area (Å²) in [6.45, 7) is 0. The number of aromatic amines is 2. The Bertz CT molecular complexity index is 1180. The number of H-pyrrole nitrogens is 2. The highest BCUT2D eigenvalue weighted by Crippen LogP contribution is 2.37. The first kappa shape index (κ1) is 15.4. The van der Waals surface area contributed by atoms with Crippen LogP contribution in [0.3, 0.4) is 0 Å². The van der Waals surface area contributed by atoms with E-state index in [1.54, 1.807) is 32.4 Å². The van der Waals surface area contributed by atoms with E-state index < -0.39 is 0 Å². The quantitative estimate of drug-likeness (QED) is 0.588. The summed E-state index contributed by atoms with van der Waals surface area (Å²) in [4.78, 5) is 28.4. The monoisotopic (exact) mass is 355 g/mol. The van der Waals surface area contributed by atoms with E-state index in [9.17, 15) is 9.59 Å². The third kappa shape index (κ3) is 2.47. The van der Waals surface area contributed by atoms with Crippen LogP contribution in [0.5, 0.6) is 11.5 Å². The number of thiazole rings is 1. The highest BCUT2D eigenvalue weighted by Gasteiger charge is 2.13. The lowest BCUT2D eigenvalue weighted by molar-refractivity contribution is 0.356. The van der Waals surface area contributed by atoms with Crippen LogP contribution in [0.1, 0.15) is 0 Å². The van der Waals surface area contributed by atoms with Crippen molar-refractivity contribution < 1.29 is 9.47 Å². The molecule has 0 aliphatic heterocycles. The maximum absolute atomic E-state index is 12.0. The van der Waals surface area contributed by atoms with Gasteiger partial charge < -0.3 is 9.47 Å². The summed E-state index contributed by atoms with van der Waals surface area (Å²) in [5.41, 5.74) is 0.862. The number of fused-ring (bicyclic) bond motifs is 2. The van der Waals surface area contributed by atoms with Crippen LogP contribution in [0.2, 0.25) is 0 Å². The van der Waals surface area contributed by atoms with E-state index in [-0.39, 0.29) is 11.1 Å². The Morgan fingerprint density at radius 3 is 2.32 bits per heavy atom. The smallest absolute Gasteiger partial charge is 0.270 e. The molecule has 126 valence electrons. The molecule has 0 amide bonds. The Hall–Kier alpha value is -3.13. The molecule has 2 N–H and O–H groups in total. The number of nitrogens with zero attached hydrogens (tertiary/aromatic N) is 1. The van der Waals surface area contributed by atoms with Crippen LogP contribution in [-0.4, -0.2) is 29.4 Å². The lowest BCUT2D eigenvalue weighted by Crippen LogP contribution is -2.18. The zero-order valence-corrected chi connectivity index (χ0v) is 14.2. The zero-order chi connectivity index (χ0) is 17.6. The molecular weight excluding hydrogens is 342 g/mol. The minimum absolute atomic E-state index is 0.329. The Morgan fingerprint density at radius 2 is 1.60 bits per heavy atom. The summed E-state index contributed by atoms with van der Waals surface area (Å²) in [5.74, 6) is 1.24. The number of benzene rings is 2. The summed E-state index contributed by atoms with van der Waals surface area (Å²) >= 11 is 1.47. The largest absolute Gasteiger partial charge is 0.493 e. The number of ether oxygens (including phenoxy) is 2. The van der Waals surface area contributed by atoms with E-state index in [2.05, 4.69) is 15.2 Å². The number of rotatable bonds is 3. The van der Waals surface area contributed by atoms with Gasteiger partial charge in [0.15, 0.2) is 11.5 Å². The average molecular weight is 355 g/mol. The highest BCUT2D eigenvalue weighted by atomic mass is 32.1. The molecule has 2 aromatic carbocycles. The van der Waals surface area contributed by atoms with Gasteiger partial charge in [-0.05, 0) is 12.1 Å². The van der Waals surface area contributed by atoms with Crippen LogP contribution in [0.25, 0.3) is 31.6 Å². The van der Waals surface area contributed by atoms with Crippen molar-refractivity contribution in [3.8, 4) is 22.1 Å². The summed E-state index contributed by atoms with van der Waals surface area (Å²) in [6.07, 6.45) is 0. The van der Waals surface area contributed by atoms with Gasteiger partial charge in [0.2, 0.25) is 0 Å². The molecular formula is C17H13N3O4S. The van der Waals surface area contributed by atoms with E-state index >= 15 is 0 Å². The van der Waals surface area contributed by atoms with E-state index in [0.29, 0.717) is 22.3 Å². The van der Waals surface area contributed by atoms with E-state index in [1.807, 2.05) is 12.1 Å². The molecule has 0 atom stereocenters. The molecule has 0 saturated heterocycles. The van der Waals surface area contributed by atoms with E-state index in [0.717, 1.165) is 20.8 Å². The third-order valence-corrected chi connectivity index (χ3v) is 5.01. The van der Waals surface area contributed by atoms with Crippen LogP contribution in [0.4, 0.5) is 0 Å². The average Bonchev–Trinajstić information content (AvgIpc) is 3.06. The Kier molecular flexibility index (Phi) is 3.54. The first-order valence-corrected chi connectivity index (χ1v) is 8.20. The third-order valence-electron chi connectivity index (χ3n) is 3.94. The van der Waals surface area contributed by atoms with Gasteiger partial charge in [-0.15, -0.1) is 11.3 Å². The normalized spacial score (nSPS) is 11.1. The number of hydrogen-bond donors (Lipinski definition) is 2. The summed E-state index contributed by atoms with van der Waals surface area (Å²) < 4.78 is 11.6. The molecule has 0 fully saturated rings. The summed E-state index contributed by atoms with van der Waals surface area (Å²) in [5, 5.41) is 6.07. The van der Waals surface area contributed by atoms with Crippen molar-refractivity contribution in [2.75, 3.05) is 14.2 Å². The molecule has 4 aromatic rings. The number of aromatic nitrogens is 3. The minimum atomic E-state index is -0.346. The minimum Gasteiger partial charge on any atom is -0.493 e. The second-order valence-electron chi connectivity index (χ2n) is 5.36. The van der Waals surface area contributed by atoms with Crippen molar-refractivity contribution in [1.82, 2.24) is 15.2 Å². The lowest BCUT2D eigenvalue weighted by atomic mass is 10.1. The first-order chi connectivity index (χ1) is 12.1. The molecule has 0 aliphatic carbocycles. The molecule has 0 radical (unpaired) electrons. The van der Waals surface area contributed by atoms with Crippen LogP contribution in [0.15, 0.2) is 39.9 Å². The van der Waals surface area contributed by atoms with Crippen molar-refractivity contribution in [1.29, 1.82) is 0 Å². The molecule has 2 aromatic heterocycles. The standard InChI is InChI=1S/C17H13N3O4S/c1-23-12-6-11-14(7-13(12)24-2)25-17(18-11)8-3-4-9-10(5-8)16(22)20-19-15(9)21/h3-7H,1-2H3,(H,19,21)(H,20,22). The Balaban J connectivity index is 1.92. The van der Waals surface area contributed by atoms with Gasteiger partial charge in [-0.25, -0.2) is 4.98 Å². The topological polar surface area (TPSA) is 97.1 Å². The number of nitrogens with one attached hydrogen (secondary N) is 2. The highest BCUT2D eigenvalue weighted by molar-refractivity contribution is 7.21. The summed E-state index contributed by atoms with van der Waals surface area (Å²) in [7, 11) is 3.16. The fourth-order valence-electron chi connectivity index (χ4n) is 2.69. The van der Waals surface area contributed by atoms with Crippen molar-refractivity contribution in [2.45, 2.75) is 0 Å². The van der Waals surface area contributed by atoms with Gasteiger partial charge in [0.25, 0.3) is 11.1 Å². The molecule has 0 spiro atoms. The fourth-order valence-corrected chi connectivity index (χ4v) is 3.66. The van der Waals surface area contributed by atoms with Crippen LogP contribution in [-0.2, 0) is 0 Å². The first-order valence-electron chi connectivity index (χ1n) is 7.38. The van der Waals surface area contributed by atoms with Gasteiger partial charge in [-0.3, -0.25) is 19.8 Å². The molecule has 0 bridgehead atoms. The fraction of sp³-hybridized carbons (Fsp3) is 0.118. The van der Waals surface area contributed by atoms with Crippen molar-refractivity contribution in [3.05, 3.63) is 51.0 Å². The Morgan fingerprint density at radius 1 is 0.920 bits per heavy atom. The molecule has 2 heterocycles. The Labute approximate surface area is 144 Å². The zero-order valence-electron chi connectivity index (χ0n) is 13.4. The second kappa shape index (κ2) is 5.75. The van der Waals surface area contributed by atoms with Gasteiger partial charge in [-0.2, -0.15) is 0 Å². The number of hydrogen-bond acceptors (Lipinski definition) is 6. The van der Waals surface area contributed by atoms with Crippen LogP contribution in [0, 0.1) is 0 Å². The molecule has 25 heavy (non-hydrogen) atoms. The maximum Gasteiger partial charge on any atom is 0.270 e. The van der Waals surface area contributed by atoms with Gasteiger partial charge in [0.05, 0.1) is 35.2 Å². The molecule has 0 aliphatic rings. The van der Waals surface area contributed by atoms with Crippen molar-refractivity contribution in [3.63, 3.8) is 0 Å².